The Morgan fingerprint density at radius 2 is 1.61 bits per heavy atom. The van der Waals surface area contributed by atoms with Crippen LogP contribution in [0.3, 0.4) is 0 Å². The third-order valence-electron chi connectivity index (χ3n) is 5.64. The molecule has 0 atom stereocenters. The van der Waals surface area contributed by atoms with Crippen LogP contribution < -0.4 is 4.90 Å². The molecular formula is C24H31N3O3S. The smallest absolute Gasteiger partial charge is 0.236 e. The van der Waals surface area contributed by atoms with Crippen LogP contribution in [0.25, 0.3) is 6.08 Å². The Balaban J connectivity index is 1.53. The van der Waals surface area contributed by atoms with E-state index in [-0.39, 0.29) is 11.8 Å². The molecule has 1 fully saturated rings. The summed E-state index contributed by atoms with van der Waals surface area (Å²) in [5, 5.41) is 1.26. The fourth-order valence-electron chi connectivity index (χ4n) is 3.73. The number of sulfonamides is 1. The zero-order valence-corrected chi connectivity index (χ0v) is 19.3. The molecule has 31 heavy (non-hydrogen) atoms. The topological polar surface area (TPSA) is 60.9 Å². The van der Waals surface area contributed by atoms with Crippen LogP contribution in [0.4, 0.5) is 5.69 Å². The first-order valence-electron chi connectivity index (χ1n) is 10.5. The molecule has 2 aromatic rings. The molecule has 0 bridgehead atoms. The van der Waals surface area contributed by atoms with Crippen molar-refractivity contribution in [2.75, 3.05) is 39.1 Å². The average Bonchev–Trinajstić information content (AvgIpc) is 2.78. The van der Waals surface area contributed by atoms with Gasteiger partial charge in [-0.1, -0.05) is 42.5 Å². The second-order valence-corrected chi connectivity index (χ2v) is 10.0. The molecule has 2 aromatic carbocycles. The van der Waals surface area contributed by atoms with Gasteiger partial charge in [-0.2, -0.15) is 4.31 Å². The van der Waals surface area contributed by atoms with E-state index in [0.717, 1.165) is 16.8 Å². The van der Waals surface area contributed by atoms with Crippen LogP contribution in [0.2, 0.25) is 0 Å². The van der Waals surface area contributed by atoms with E-state index < -0.39 is 10.0 Å². The molecule has 3 rings (SSSR count). The molecule has 6 nitrogen and oxygen atoms in total. The van der Waals surface area contributed by atoms with Crippen LogP contribution in [-0.4, -0.2) is 57.8 Å². The van der Waals surface area contributed by atoms with Crippen LogP contribution >= 0.6 is 0 Å². The van der Waals surface area contributed by atoms with Crippen molar-refractivity contribution in [2.24, 2.45) is 5.92 Å². The van der Waals surface area contributed by atoms with Crippen molar-refractivity contribution in [3.63, 3.8) is 0 Å². The maximum absolute atomic E-state index is 12.9. The van der Waals surface area contributed by atoms with Gasteiger partial charge in [-0.15, -0.1) is 0 Å². The first-order valence-corrected chi connectivity index (χ1v) is 12.0. The van der Waals surface area contributed by atoms with Gasteiger partial charge in [0.05, 0.1) is 0 Å². The number of piperidine rings is 1. The van der Waals surface area contributed by atoms with E-state index in [0.29, 0.717) is 32.5 Å². The van der Waals surface area contributed by atoms with Gasteiger partial charge in [0.2, 0.25) is 15.9 Å². The van der Waals surface area contributed by atoms with E-state index in [4.69, 9.17) is 0 Å². The third-order valence-corrected chi connectivity index (χ3v) is 7.21. The van der Waals surface area contributed by atoms with E-state index in [2.05, 4.69) is 0 Å². The molecule has 0 aliphatic carbocycles. The summed E-state index contributed by atoms with van der Waals surface area (Å²) in [6, 6.07) is 17.5. The SMILES string of the molecule is CN(Cc1ccc(N(C)C)cc1)C(=O)C1CCN(S(=O)(=O)C=Cc2ccccc2)CC1. The van der Waals surface area contributed by atoms with Crippen LogP contribution in [0.1, 0.15) is 24.0 Å². The highest BCUT2D eigenvalue weighted by Crippen LogP contribution is 2.23. The number of nitrogens with zero attached hydrogens (tertiary/aromatic N) is 3. The summed E-state index contributed by atoms with van der Waals surface area (Å²) in [7, 11) is 2.32. The zero-order valence-electron chi connectivity index (χ0n) is 18.4. The fourth-order valence-corrected chi connectivity index (χ4v) is 4.96. The quantitative estimate of drug-likeness (QED) is 0.661. The van der Waals surface area contributed by atoms with Gasteiger partial charge in [0, 0.05) is 57.8 Å². The van der Waals surface area contributed by atoms with Crippen LogP contribution in [0.15, 0.2) is 60.0 Å². The molecule has 1 aliphatic rings. The number of hydrogen-bond acceptors (Lipinski definition) is 4. The second-order valence-electron chi connectivity index (χ2n) is 8.19. The van der Waals surface area contributed by atoms with Gasteiger partial charge < -0.3 is 9.80 Å². The maximum atomic E-state index is 12.9. The third kappa shape index (κ3) is 6.18. The van der Waals surface area contributed by atoms with Gasteiger partial charge >= 0.3 is 0 Å². The normalized spacial score (nSPS) is 15.8. The van der Waals surface area contributed by atoms with Gasteiger partial charge in [0.15, 0.2) is 0 Å². The standard InChI is InChI=1S/C24H31N3O3S/c1-25(2)23-11-9-21(10-12-23)19-26(3)24(28)22-13-16-27(17-14-22)31(29,30)18-15-20-7-5-4-6-8-20/h4-12,15,18,22H,13-14,16-17,19H2,1-3H3. The Bertz CT molecular complexity index is 994. The van der Waals surface area contributed by atoms with Gasteiger partial charge in [-0.3, -0.25) is 4.79 Å². The molecular weight excluding hydrogens is 410 g/mol. The number of anilines is 1. The summed E-state index contributed by atoms with van der Waals surface area (Å²) in [6.07, 6.45) is 2.70. The Hall–Kier alpha value is -2.64. The predicted octanol–water partition coefficient (Wildman–Crippen LogP) is 3.42. The number of carbonyl (C=O) groups excluding carboxylic acids is 1. The minimum Gasteiger partial charge on any atom is -0.378 e. The number of amides is 1. The molecule has 7 heteroatoms. The number of rotatable bonds is 7. The van der Waals surface area contributed by atoms with Crippen LogP contribution in [0, 0.1) is 5.92 Å². The van der Waals surface area contributed by atoms with Crippen molar-refractivity contribution < 1.29 is 13.2 Å². The molecule has 0 N–H and O–H groups in total. The number of carbonyl (C=O) groups is 1. The largest absolute Gasteiger partial charge is 0.378 e. The van der Waals surface area contributed by atoms with E-state index in [1.807, 2.05) is 80.6 Å². The van der Waals surface area contributed by atoms with E-state index >= 15 is 0 Å². The predicted molar refractivity (Wildman–Crippen MR) is 126 cm³/mol. The van der Waals surface area contributed by atoms with Crippen molar-refractivity contribution in [1.82, 2.24) is 9.21 Å². The first-order chi connectivity index (χ1) is 14.8. The monoisotopic (exact) mass is 441 g/mol. The molecule has 0 saturated carbocycles. The minimum absolute atomic E-state index is 0.0774. The van der Waals surface area contributed by atoms with Crippen molar-refractivity contribution in [1.29, 1.82) is 0 Å². The van der Waals surface area contributed by atoms with E-state index in [1.165, 1.54) is 9.71 Å². The molecule has 0 spiro atoms. The van der Waals surface area contributed by atoms with Gasteiger partial charge in [0.25, 0.3) is 0 Å². The second kappa shape index (κ2) is 10.1. The van der Waals surface area contributed by atoms with Crippen molar-refractivity contribution >= 4 is 27.7 Å². The summed E-state index contributed by atoms with van der Waals surface area (Å²) >= 11 is 0. The highest BCUT2D eigenvalue weighted by Gasteiger charge is 2.31. The fraction of sp³-hybridized carbons (Fsp3) is 0.375. The number of hydrogen-bond donors (Lipinski definition) is 0. The lowest BCUT2D eigenvalue weighted by Gasteiger charge is -2.32. The molecule has 1 aliphatic heterocycles. The minimum atomic E-state index is -3.49. The highest BCUT2D eigenvalue weighted by molar-refractivity contribution is 7.92. The average molecular weight is 442 g/mol. The molecule has 0 radical (unpaired) electrons. The lowest BCUT2D eigenvalue weighted by atomic mass is 9.96. The Morgan fingerprint density at radius 1 is 1.00 bits per heavy atom. The number of benzene rings is 2. The highest BCUT2D eigenvalue weighted by atomic mass is 32.2. The molecule has 166 valence electrons. The van der Waals surface area contributed by atoms with Crippen molar-refractivity contribution in [2.45, 2.75) is 19.4 Å². The van der Waals surface area contributed by atoms with E-state index in [1.54, 1.807) is 11.0 Å². The van der Waals surface area contributed by atoms with Crippen LogP contribution in [-0.2, 0) is 21.4 Å². The summed E-state index contributed by atoms with van der Waals surface area (Å²) in [6.45, 7) is 1.28. The lowest BCUT2D eigenvalue weighted by Crippen LogP contribution is -2.42. The molecule has 0 unspecified atom stereocenters. The van der Waals surface area contributed by atoms with Crippen molar-refractivity contribution in [3.05, 3.63) is 71.1 Å². The van der Waals surface area contributed by atoms with Crippen LogP contribution in [0.5, 0.6) is 0 Å². The summed E-state index contributed by atoms with van der Waals surface area (Å²) in [5.74, 6) is -0.0656. The molecule has 1 heterocycles. The summed E-state index contributed by atoms with van der Waals surface area (Å²) in [4.78, 5) is 16.7. The first kappa shape index (κ1) is 23.0. The Labute approximate surface area is 185 Å². The summed E-state index contributed by atoms with van der Waals surface area (Å²) in [5.41, 5.74) is 3.04. The van der Waals surface area contributed by atoms with E-state index in [9.17, 15) is 13.2 Å². The molecule has 0 aromatic heterocycles. The molecule has 1 amide bonds. The Kier molecular flexibility index (Phi) is 7.51. The Morgan fingerprint density at radius 3 is 2.19 bits per heavy atom. The van der Waals surface area contributed by atoms with Gasteiger partial charge in [0.1, 0.15) is 0 Å². The van der Waals surface area contributed by atoms with Gasteiger partial charge in [-0.25, -0.2) is 8.42 Å². The lowest BCUT2D eigenvalue weighted by molar-refractivity contribution is -0.135. The maximum Gasteiger partial charge on any atom is 0.236 e. The summed E-state index contributed by atoms with van der Waals surface area (Å²) < 4.78 is 26.7. The molecule has 1 saturated heterocycles. The van der Waals surface area contributed by atoms with Gasteiger partial charge in [-0.05, 0) is 42.2 Å². The van der Waals surface area contributed by atoms with Crippen molar-refractivity contribution in [3.8, 4) is 0 Å². The zero-order chi connectivity index (χ0) is 22.4.